The molecule has 1 atom stereocenters. The van der Waals surface area contributed by atoms with Crippen LogP contribution in [0.15, 0.2) is 24.3 Å². The van der Waals surface area contributed by atoms with E-state index in [0.717, 1.165) is 35.3 Å². The number of carbonyl (C=O) groups is 1. The fourth-order valence-electron chi connectivity index (χ4n) is 3.08. The topological polar surface area (TPSA) is 40.5 Å². The van der Waals surface area contributed by atoms with E-state index in [1.807, 2.05) is 24.3 Å². The highest BCUT2D eigenvalue weighted by molar-refractivity contribution is 7.21. The lowest BCUT2D eigenvalue weighted by molar-refractivity contribution is 0.0699. The Morgan fingerprint density at radius 1 is 1.45 bits per heavy atom. The van der Waals surface area contributed by atoms with Crippen molar-refractivity contribution in [2.45, 2.75) is 26.3 Å². The summed E-state index contributed by atoms with van der Waals surface area (Å²) in [6, 6.07) is 8.01. The summed E-state index contributed by atoms with van der Waals surface area (Å²) in [5.41, 5.74) is 0.993. The van der Waals surface area contributed by atoms with Gasteiger partial charge in [-0.05, 0) is 42.3 Å². The molecule has 106 valence electrons. The van der Waals surface area contributed by atoms with E-state index >= 15 is 0 Å². The second-order valence-corrected chi connectivity index (χ2v) is 6.75. The van der Waals surface area contributed by atoms with Crippen LogP contribution in [0.25, 0.3) is 10.1 Å². The molecule has 20 heavy (non-hydrogen) atoms. The van der Waals surface area contributed by atoms with Gasteiger partial charge in [-0.15, -0.1) is 11.3 Å². The SMILES string of the molecule is CC1CCCN(Cc2c(C(=O)O)sc3ccccc23)C1. The summed E-state index contributed by atoms with van der Waals surface area (Å²) in [5, 5.41) is 10.5. The Hall–Kier alpha value is -1.39. The summed E-state index contributed by atoms with van der Waals surface area (Å²) in [6.07, 6.45) is 2.50. The Morgan fingerprint density at radius 3 is 3.00 bits per heavy atom. The number of aromatic carboxylic acids is 1. The van der Waals surface area contributed by atoms with Crippen LogP contribution >= 0.6 is 11.3 Å². The largest absolute Gasteiger partial charge is 0.477 e. The molecular weight excluding hydrogens is 270 g/mol. The van der Waals surface area contributed by atoms with Gasteiger partial charge in [0.1, 0.15) is 4.88 Å². The van der Waals surface area contributed by atoms with E-state index in [-0.39, 0.29) is 0 Å². The maximum atomic E-state index is 11.5. The molecule has 1 aromatic carbocycles. The Bertz CT molecular complexity index is 634. The van der Waals surface area contributed by atoms with E-state index in [1.54, 1.807) is 0 Å². The molecule has 2 heterocycles. The highest BCUT2D eigenvalue weighted by Gasteiger charge is 2.22. The smallest absolute Gasteiger partial charge is 0.346 e. The van der Waals surface area contributed by atoms with Crippen molar-refractivity contribution in [1.29, 1.82) is 0 Å². The number of hydrogen-bond donors (Lipinski definition) is 1. The van der Waals surface area contributed by atoms with Gasteiger partial charge in [-0.2, -0.15) is 0 Å². The molecule has 1 fully saturated rings. The molecule has 0 aliphatic carbocycles. The zero-order valence-corrected chi connectivity index (χ0v) is 12.4. The van der Waals surface area contributed by atoms with Crippen molar-refractivity contribution in [3.63, 3.8) is 0 Å². The average molecular weight is 289 g/mol. The highest BCUT2D eigenvalue weighted by Crippen LogP contribution is 2.33. The van der Waals surface area contributed by atoms with Crippen LogP contribution < -0.4 is 0 Å². The fourth-order valence-corrected chi connectivity index (χ4v) is 4.14. The van der Waals surface area contributed by atoms with Crippen LogP contribution in [0.2, 0.25) is 0 Å². The predicted molar refractivity (Wildman–Crippen MR) is 82.5 cm³/mol. The maximum Gasteiger partial charge on any atom is 0.346 e. The van der Waals surface area contributed by atoms with Crippen molar-refractivity contribution >= 4 is 27.4 Å². The van der Waals surface area contributed by atoms with Gasteiger partial charge in [0.15, 0.2) is 0 Å². The minimum atomic E-state index is -0.800. The molecule has 1 N–H and O–H groups in total. The molecule has 1 aliphatic heterocycles. The van der Waals surface area contributed by atoms with Crippen molar-refractivity contribution in [3.05, 3.63) is 34.7 Å². The molecule has 4 heteroatoms. The number of benzene rings is 1. The van der Waals surface area contributed by atoms with Crippen LogP contribution in [-0.4, -0.2) is 29.1 Å². The van der Waals surface area contributed by atoms with Crippen molar-refractivity contribution in [2.75, 3.05) is 13.1 Å². The third-order valence-electron chi connectivity index (χ3n) is 4.02. The van der Waals surface area contributed by atoms with Gasteiger partial charge in [-0.3, -0.25) is 4.90 Å². The van der Waals surface area contributed by atoms with Crippen molar-refractivity contribution in [2.24, 2.45) is 5.92 Å². The fraction of sp³-hybridized carbons (Fsp3) is 0.438. The molecule has 0 spiro atoms. The molecule has 3 nitrogen and oxygen atoms in total. The Kier molecular flexibility index (Phi) is 3.76. The molecule has 2 aromatic rings. The number of piperidine rings is 1. The first kappa shape index (κ1) is 13.6. The predicted octanol–water partition coefficient (Wildman–Crippen LogP) is 3.83. The van der Waals surface area contributed by atoms with Gasteiger partial charge < -0.3 is 5.11 Å². The molecule has 1 aliphatic rings. The lowest BCUT2D eigenvalue weighted by atomic mass is 9.99. The summed E-state index contributed by atoms with van der Waals surface area (Å²) in [4.78, 5) is 14.4. The molecule has 0 radical (unpaired) electrons. The summed E-state index contributed by atoms with van der Waals surface area (Å²) in [7, 11) is 0. The van der Waals surface area contributed by atoms with Gasteiger partial charge in [0.25, 0.3) is 0 Å². The molecule has 1 unspecified atom stereocenters. The van der Waals surface area contributed by atoms with Gasteiger partial charge in [0.2, 0.25) is 0 Å². The molecule has 0 bridgehead atoms. The third kappa shape index (κ3) is 2.58. The summed E-state index contributed by atoms with van der Waals surface area (Å²) in [6.45, 7) is 5.18. The average Bonchev–Trinajstić information content (AvgIpc) is 2.78. The Labute approximate surface area is 122 Å². The second kappa shape index (κ2) is 5.54. The molecule has 1 saturated heterocycles. The maximum absolute atomic E-state index is 11.5. The number of nitrogens with zero attached hydrogens (tertiary/aromatic N) is 1. The number of thiophene rings is 1. The first-order chi connectivity index (χ1) is 9.65. The van der Waals surface area contributed by atoms with Crippen molar-refractivity contribution in [1.82, 2.24) is 4.90 Å². The third-order valence-corrected chi connectivity index (χ3v) is 5.22. The lowest BCUT2D eigenvalue weighted by Crippen LogP contribution is -2.34. The Morgan fingerprint density at radius 2 is 2.25 bits per heavy atom. The monoisotopic (exact) mass is 289 g/mol. The quantitative estimate of drug-likeness (QED) is 0.933. The number of fused-ring (bicyclic) bond motifs is 1. The molecule has 3 rings (SSSR count). The van der Waals surface area contributed by atoms with Crippen LogP contribution in [0.5, 0.6) is 0 Å². The summed E-state index contributed by atoms with van der Waals surface area (Å²) >= 11 is 1.40. The van der Waals surface area contributed by atoms with E-state index in [2.05, 4.69) is 11.8 Å². The number of likely N-dealkylation sites (tertiary alicyclic amines) is 1. The van der Waals surface area contributed by atoms with Crippen LogP contribution in [0.3, 0.4) is 0 Å². The van der Waals surface area contributed by atoms with E-state index in [9.17, 15) is 9.90 Å². The molecule has 0 saturated carbocycles. The van der Waals surface area contributed by atoms with Crippen LogP contribution in [0, 0.1) is 5.92 Å². The summed E-state index contributed by atoms with van der Waals surface area (Å²) < 4.78 is 1.07. The zero-order chi connectivity index (χ0) is 14.1. The highest BCUT2D eigenvalue weighted by atomic mass is 32.1. The van der Waals surface area contributed by atoms with E-state index in [4.69, 9.17) is 0 Å². The summed E-state index contributed by atoms with van der Waals surface area (Å²) in [5.74, 6) is -0.0896. The van der Waals surface area contributed by atoms with Gasteiger partial charge >= 0.3 is 5.97 Å². The standard InChI is InChI=1S/C16H19NO2S/c1-11-5-4-8-17(9-11)10-13-12-6-2-3-7-14(12)20-15(13)16(18)19/h2-3,6-7,11H,4-5,8-10H2,1H3,(H,18,19). The second-order valence-electron chi connectivity index (χ2n) is 5.69. The molecule has 0 amide bonds. The van der Waals surface area contributed by atoms with Gasteiger partial charge in [0.05, 0.1) is 0 Å². The minimum Gasteiger partial charge on any atom is -0.477 e. The minimum absolute atomic E-state index is 0.504. The van der Waals surface area contributed by atoms with E-state index < -0.39 is 5.97 Å². The van der Waals surface area contributed by atoms with Gasteiger partial charge in [-0.1, -0.05) is 25.1 Å². The van der Waals surface area contributed by atoms with Crippen molar-refractivity contribution < 1.29 is 9.90 Å². The normalized spacial score (nSPS) is 20.4. The van der Waals surface area contributed by atoms with Gasteiger partial charge in [-0.25, -0.2) is 4.79 Å². The number of rotatable bonds is 3. The Balaban J connectivity index is 1.96. The lowest BCUT2D eigenvalue weighted by Gasteiger charge is -2.30. The van der Waals surface area contributed by atoms with Crippen LogP contribution in [0.1, 0.15) is 35.0 Å². The molecular formula is C16H19NO2S. The first-order valence-electron chi connectivity index (χ1n) is 7.11. The van der Waals surface area contributed by atoms with E-state index in [1.165, 1.54) is 24.2 Å². The van der Waals surface area contributed by atoms with Gasteiger partial charge in [0, 0.05) is 17.8 Å². The molecule has 1 aromatic heterocycles. The van der Waals surface area contributed by atoms with Crippen LogP contribution in [-0.2, 0) is 6.54 Å². The van der Waals surface area contributed by atoms with Crippen LogP contribution in [0.4, 0.5) is 0 Å². The number of hydrogen-bond acceptors (Lipinski definition) is 3. The van der Waals surface area contributed by atoms with E-state index in [0.29, 0.717) is 10.8 Å². The first-order valence-corrected chi connectivity index (χ1v) is 7.93. The number of carboxylic acids is 1. The zero-order valence-electron chi connectivity index (χ0n) is 11.6. The number of carboxylic acid groups (broad SMARTS) is 1. The van der Waals surface area contributed by atoms with Crippen molar-refractivity contribution in [3.8, 4) is 0 Å².